The highest BCUT2D eigenvalue weighted by atomic mass is 16.6. The number of hydrogen-bond donors (Lipinski definition) is 2. The zero-order chi connectivity index (χ0) is 17.7. The number of esters is 1. The molecule has 0 heterocycles. The molecule has 0 aliphatic rings. The van der Waals surface area contributed by atoms with Gasteiger partial charge in [0.25, 0.3) is 0 Å². The number of carbonyl (C=O) groups excluding carboxylic acids is 2. The summed E-state index contributed by atoms with van der Waals surface area (Å²) in [4.78, 5) is 23.0. The fraction of sp³-hybridized carbons (Fsp3) is 0.111. The summed E-state index contributed by atoms with van der Waals surface area (Å²) in [5.74, 6) is -0.489. The summed E-state index contributed by atoms with van der Waals surface area (Å²) >= 11 is 0. The van der Waals surface area contributed by atoms with Gasteiger partial charge in [0.1, 0.15) is 5.75 Å². The van der Waals surface area contributed by atoms with Gasteiger partial charge >= 0.3 is 5.97 Å². The number of aromatic hydroxyl groups is 1. The Bertz CT molecular complexity index is 811. The van der Waals surface area contributed by atoms with Crippen molar-refractivity contribution in [3.63, 3.8) is 0 Å². The Hall–Kier alpha value is -3.28. The molecule has 0 aliphatic heterocycles. The van der Waals surface area contributed by atoms with Crippen molar-refractivity contribution < 1.29 is 24.2 Å². The Labute approximate surface area is 139 Å². The van der Waals surface area contributed by atoms with Gasteiger partial charge in [0.15, 0.2) is 11.5 Å². The third kappa shape index (κ3) is 4.13. The van der Waals surface area contributed by atoms with E-state index >= 15 is 0 Å². The second kappa shape index (κ2) is 7.32. The Morgan fingerprint density at radius 2 is 1.88 bits per heavy atom. The van der Waals surface area contributed by atoms with Crippen molar-refractivity contribution in [2.75, 3.05) is 7.11 Å². The Morgan fingerprint density at radius 1 is 1.12 bits per heavy atom. The fourth-order valence-electron chi connectivity index (χ4n) is 2.15. The lowest BCUT2D eigenvalue weighted by molar-refractivity contribution is -0.132. The molecule has 124 valence electrons. The fourth-order valence-corrected chi connectivity index (χ4v) is 2.15. The van der Waals surface area contributed by atoms with Gasteiger partial charge in [-0.1, -0.05) is 18.2 Å². The molecule has 3 N–H and O–H groups in total. The number of methoxy groups -OCH3 is 1. The smallest absolute Gasteiger partial charge is 0.308 e. The van der Waals surface area contributed by atoms with Crippen molar-refractivity contribution in [1.29, 1.82) is 0 Å². The summed E-state index contributed by atoms with van der Waals surface area (Å²) in [5.41, 5.74) is 6.72. The lowest BCUT2D eigenvalue weighted by Gasteiger charge is -2.10. The van der Waals surface area contributed by atoms with Crippen molar-refractivity contribution in [3.05, 3.63) is 53.6 Å². The SMILES string of the molecule is COc1ccc(/C=C(/C(N)=O)c2cccc(O)c2)cc1OC(C)=O. The molecule has 0 atom stereocenters. The molecule has 0 spiro atoms. The molecule has 0 fully saturated rings. The average molecular weight is 327 g/mol. The van der Waals surface area contributed by atoms with Crippen LogP contribution in [0.2, 0.25) is 0 Å². The molecule has 0 saturated carbocycles. The zero-order valence-electron chi connectivity index (χ0n) is 13.3. The minimum absolute atomic E-state index is 0.0231. The van der Waals surface area contributed by atoms with Crippen LogP contribution in [0.5, 0.6) is 17.2 Å². The normalized spacial score (nSPS) is 11.0. The van der Waals surface area contributed by atoms with E-state index in [1.54, 1.807) is 36.4 Å². The van der Waals surface area contributed by atoms with E-state index in [1.165, 1.54) is 26.2 Å². The predicted molar refractivity (Wildman–Crippen MR) is 89.5 cm³/mol. The Balaban J connectivity index is 2.50. The highest BCUT2D eigenvalue weighted by molar-refractivity contribution is 6.23. The van der Waals surface area contributed by atoms with Crippen LogP contribution < -0.4 is 15.2 Å². The molecule has 0 saturated heterocycles. The van der Waals surface area contributed by atoms with Crippen LogP contribution in [0.3, 0.4) is 0 Å². The molecule has 6 nitrogen and oxygen atoms in total. The lowest BCUT2D eigenvalue weighted by Crippen LogP contribution is -2.12. The molecular formula is C18H17NO5. The highest BCUT2D eigenvalue weighted by Gasteiger charge is 2.12. The van der Waals surface area contributed by atoms with Gasteiger partial charge in [0.05, 0.1) is 7.11 Å². The summed E-state index contributed by atoms with van der Waals surface area (Å²) in [6.07, 6.45) is 1.55. The van der Waals surface area contributed by atoms with Gasteiger partial charge in [-0.25, -0.2) is 0 Å². The van der Waals surface area contributed by atoms with E-state index in [1.807, 2.05) is 0 Å². The number of benzene rings is 2. The first-order valence-electron chi connectivity index (χ1n) is 7.08. The number of amides is 1. The van der Waals surface area contributed by atoms with Gasteiger partial charge in [0.2, 0.25) is 5.91 Å². The van der Waals surface area contributed by atoms with Crippen molar-refractivity contribution in [1.82, 2.24) is 0 Å². The standard InChI is InChI=1S/C18H17NO5/c1-11(20)24-17-9-12(6-7-16(17)23-2)8-15(18(19)22)13-4-3-5-14(21)10-13/h3-10,21H,1-2H3,(H2,19,22)/b15-8+. The van der Waals surface area contributed by atoms with E-state index in [0.717, 1.165) is 0 Å². The summed E-state index contributed by atoms with van der Waals surface area (Å²) in [5, 5.41) is 9.57. The molecular weight excluding hydrogens is 310 g/mol. The number of primary amides is 1. The van der Waals surface area contributed by atoms with Crippen LogP contribution in [0.4, 0.5) is 0 Å². The number of ether oxygens (including phenoxy) is 2. The van der Waals surface area contributed by atoms with E-state index < -0.39 is 11.9 Å². The maximum absolute atomic E-state index is 11.8. The van der Waals surface area contributed by atoms with Crippen LogP contribution in [-0.2, 0) is 9.59 Å². The van der Waals surface area contributed by atoms with Crippen molar-refractivity contribution in [3.8, 4) is 17.2 Å². The van der Waals surface area contributed by atoms with Crippen LogP contribution in [0.25, 0.3) is 11.6 Å². The van der Waals surface area contributed by atoms with Crippen molar-refractivity contribution in [2.24, 2.45) is 5.73 Å². The monoisotopic (exact) mass is 327 g/mol. The van der Waals surface area contributed by atoms with Crippen LogP contribution in [0, 0.1) is 0 Å². The van der Waals surface area contributed by atoms with E-state index in [9.17, 15) is 14.7 Å². The molecule has 24 heavy (non-hydrogen) atoms. The second-order valence-electron chi connectivity index (χ2n) is 4.98. The summed E-state index contributed by atoms with van der Waals surface area (Å²) in [6.45, 7) is 1.28. The number of phenolic OH excluding ortho intramolecular Hbond substituents is 1. The summed E-state index contributed by atoms with van der Waals surface area (Å²) in [7, 11) is 1.46. The van der Waals surface area contributed by atoms with Crippen LogP contribution >= 0.6 is 0 Å². The number of hydrogen-bond acceptors (Lipinski definition) is 5. The molecule has 6 heteroatoms. The average Bonchev–Trinajstić information content (AvgIpc) is 2.52. The van der Waals surface area contributed by atoms with E-state index in [2.05, 4.69) is 0 Å². The van der Waals surface area contributed by atoms with Crippen LogP contribution in [-0.4, -0.2) is 24.1 Å². The molecule has 0 aliphatic carbocycles. The minimum atomic E-state index is -0.648. The highest BCUT2D eigenvalue weighted by Crippen LogP contribution is 2.30. The first-order chi connectivity index (χ1) is 11.4. The topological polar surface area (TPSA) is 98.8 Å². The molecule has 0 unspecified atom stereocenters. The first-order valence-corrected chi connectivity index (χ1v) is 7.08. The van der Waals surface area contributed by atoms with Gasteiger partial charge in [-0.2, -0.15) is 0 Å². The third-order valence-electron chi connectivity index (χ3n) is 3.17. The number of phenols is 1. The summed E-state index contributed by atoms with van der Waals surface area (Å²) in [6, 6.07) is 11.1. The van der Waals surface area contributed by atoms with Gasteiger partial charge in [0, 0.05) is 12.5 Å². The quantitative estimate of drug-likeness (QED) is 0.380. The first kappa shape index (κ1) is 17.1. The molecule has 0 radical (unpaired) electrons. The van der Waals surface area contributed by atoms with Gasteiger partial charge in [-0.15, -0.1) is 0 Å². The van der Waals surface area contributed by atoms with Gasteiger partial charge in [-0.3, -0.25) is 9.59 Å². The third-order valence-corrected chi connectivity index (χ3v) is 3.17. The molecule has 2 aromatic rings. The van der Waals surface area contributed by atoms with Crippen LogP contribution in [0.1, 0.15) is 18.1 Å². The molecule has 0 bridgehead atoms. The van der Waals surface area contributed by atoms with E-state index in [-0.39, 0.29) is 17.1 Å². The van der Waals surface area contributed by atoms with E-state index in [4.69, 9.17) is 15.2 Å². The van der Waals surface area contributed by atoms with Gasteiger partial charge in [-0.05, 0) is 41.5 Å². The number of rotatable bonds is 5. The minimum Gasteiger partial charge on any atom is -0.508 e. The van der Waals surface area contributed by atoms with Crippen LogP contribution in [0.15, 0.2) is 42.5 Å². The van der Waals surface area contributed by atoms with Crippen molar-refractivity contribution in [2.45, 2.75) is 6.92 Å². The van der Waals surface area contributed by atoms with E-state index in [0.29, 0.717) is 16.9 Å². The predicted octanol–water partition coefficient (Wildman–Crippen LogP) is 2.35. The maximum Gasteiger partial charge on any atom is 0.308 e. The Kier molecular flexibility index (Phi) is 5.21. The molecule has 0 aromatic heterocycles. The van der Waals surface area contributed by atoms with Gasteiger partial charge < -0.3 is 20.3 Å². The molecule has 2 aromatic carbocycles. The Morgan fingerprint density at radius 3 is 2.46 bits per heavy atom. The lowest BCUT2D eigenvalue weighted by atomic mass is 10.0. The zero-order valence-corrected chi connectivity index (χ0v) is 13.3. The number of carbonyl (C=O) groups is 2. The van der Waals surface area contributed by atoms with Crippen molar-refractivity contribution >= 4 is 23.5 Å². The number of nitrogens with two attached hydrogens (primary N) is 1. The molecule has 1 amide bonds. The largest absolute Gasteiger partial charge is 0.508 e. The summed E-state index contributed by atoms with van der Waals surface area (Å²) < 4.78 is 10.2. The second-order valence-corrected chi connectivity index (χ2v) is 4.98. The maximum atomic E-state index is 11.8. The molecule has 2 rings (SSSR count).